The number of thiocarbonyl (C=S) groups is 1. The normalized spacial score (nSPS) is 15.4. The van der Waals surface area contributed by atoms with Crippen LogP contribution in [0, 0.1) is 0 Å². The van der Waals surface area contributed by atoms with Gasteiger partial charge in [0.2, 0.25) is 0 Å². The van der Waals surface area contributed by atoms with Gasteiger partial charge in [0.1, 0.15) is 0 Å². The highest BCUT2D eigenvalue weighted by Gasteiger charge is 2.27. The van der Waals surface area contributed by atoms with E-state index < -0.39 is 0 Å². The van der Waals surface area contributed by atoms with Gasteiger partial charge in [-0.1, -0.05) is 51.2 Å². The first-order valence-electron chi connectivity index (χ1n) is 7.26. The van der Waals surface area contributed by atoms with E-state index in [1.807, 2.05) is 0 Å². The molecule has 3 heteroatoms. The van der Waals surface area contributed by atoms with Crippen LogP contribution in [0.15, 0.2) is 0 Å². The first kappa shape index (κ1) is 14.9. The molecule has 0 unspecified atom stereocenters. The second-order valence-corrected chi connectivity index (χ2v) is 5.78. The smallest absolute Gasteiger partial charge is 0.0740 e. The summed E-state index contributed by atoms with van der Waals surface area (Å²) in [5.41, 5.74) is 5.58. The summed E-state index contributed by atoms with van der Waals surface area (Å²) in [4.78, 5) is 3.26. The fraction of sp³-hybridized carbons (Fsp3) is 0.929. The van der Waals surface area contributed by atoms with Crippen molar-refractivity contribution >= 4 is 17.2 Å². The van der Waals surface area contributed by atoms with E-state index in [1.165, 1.54) is 57.9 Å². The lowest BCUT2D eigenvalue weighted by Crippen LogP contribution is -2.30. The predicted octanol–water partition coefficient (Wildman–Crippen LogP) is 3.49. The maximum Gasteiger partial charge on any atom is 0.0740 e. The highest BCUT2D eigenvalue weighted by Crippen LogP contribution is 2.27. The quantitative estimate of drug-likeness (QED) is 0.453. The standard InChI is InChI=1S/C14H28N2S/c1-2-3-4-5-6-7-11-16(13-8-9-13)12-10-14(15)17/h13H,2-12H2,1H3,(H2,15,17). The molecule has 0 bridgehead atoms. The summed E-state index contributed by atoms with van der Waals surface area (Å²) < 4.78 is 0. The fourth-order valence-electron chi connectivity index (χ4n) is 2.27. The lowest BCUT2D eigenvalue weighted by Gasteiger charge is -2.21. The van der Waals surface area contributed by atoms with Crippen LogP contribution in [0.5, 0.6) is 0 Å². The summed E-state index contributed by atoms with van der Waals surface area (Å²) in [6.45, 7) is 4.60. The molecule has 1 rings (SSSR count). The molecule has 0 saturated heterocycles. The summed E-state index contributed by atoms with van der Waals surface area (Å²) in [6.07, 6.45) is 11.9. The molecule has 1 saturated carbocycles. The van der Waals surface area contributed by atoms with Crippen molar-refractivity contribution in [2.75, 3.05) is 13.1 Å². The molecule has 0 aromatic rings. The average molecular weight is 256 g/mol. The van der Waals surface area contributed by atoms with Crippen LogP contribution < -0.4 is 5.73 Å². The molecule has 2 N–H and O–H groups in total. The third-order valence-electron chi connectivity index (χ3n) is 3.51. The van der Waals surface area contributed by atoms with Gasteiger partial charge in [-0.2, -0.15) is 0 Å². The summed E-state index contributed by atoms with van der Waals surface area (Å²) >= 11 is 4.96. The molecule has 0 spiro atoms. The molecule has 0 atom stereocenters. The lowest BCUT2D eigenvalue weighted by molar-refractivity contribution is 0.264. The second-order valence-electron chi connectivity index (χ2n) is 5.25. The third-order valence-corrected chi connectivity index (χ3v) is 3.71. The zero-order chi connectivity index (χ0) is 12.5. The van der Waals surface area contributed by atoms with E-state index in [4.69, 9.17) is 18.0 Å². The van der Waals surface area contributed by atoms with Crippen LogP contribution in [0.3, 0.4) is 0 Å². The minimum absolute atomic E-state index is 0.665. The molecule has 1 aliphatic carbocycles. The molecule has 0 aliphatic heterocycles. The molecular formula is C14H28N2S. The molecule has 100 valence electrons. The molecule has 0 amide bonds. The van der Waals surface area contributed by atoms with Gasteiger partial charge < -0.3 is 5.73 Å². The van der Waals surface area contributed by atoms with E-state index in [1.54, 1.807) is 0 Å². The monoisotopic (exact) mass is 256 g/mol. The molecule has 0 aromatic heterocycles. The van der Waals surface area contributed by atoms with E-state index in [0.717, 1.165) is 19.0 Å². The fourth-order valence-corrected chi connectivity index (χ4v) is 2.36. The zero-order valence-corrected chi connectivity index (χ0v) is 12.1. The molecule has 1 aliphatic rings. The van der Waals surface area contributed by atoms with Gasteiger partial charge in [-0.05, 0) is 25.8 Å². The van der Waals surface area contributed by atoms with Crippen LogP contribution in [-0.2, 0) is 0 Å². The van der Waals surface area contributed by atoms with Crippen LogP contribution >= 0.6 is 12.2 Å². The van der Waals surface area contributed by atoms with Crippen LogP contribution in [0.1, 0.15) is 64.7 Å². The molecule has 2 nitrogen and oxygen atoms in total. The van der Waals surface area contributed by atoms with Crippen molar-refractivity contribution in [2.24, 2.45) is 5.73 Å². The average Bonchev–Trinajstić information content (AvgIpc) is 3.11. The van der Waals surface area contributed by atoms with Crippen molar-refractivity contribution in [3.63, 3.8) is 0 Å². The third kappa shape index (κ3) is 7.72. The van der Waals surface area contributed by atoms with E-state index in [0.29, 0.717) is 4.99 Å². The maximum absolute atomic E-state index is 5.58. The zero-order valence-electron chi connectivity index (χ0n) is 11.3. The van der Waals surface area contributed by atoms with E-state index >= 15 is 0 Å². The van der Waals surface area contributed by atoms with Crippen molar-refractivity contribution < 1.29 is 0 Å². The molecule has 1 fully saturated rings. The highest BCUT2D eigenvalue weighted by atomic mass is 32.1. The number of hydrogen-bond donors (Lipinski definition) is 1. The Morgan fingerprint density at radius 1 is 1.12 bits per heavy atom. The Bertz CT molecular complexity index is 214. The van der Waals surface area contributed by atoms with Crippen molar-refractivity contribution in [1.82, 2.24) is 4.90 Å². The number of nitrogens with two attached hydrogens (primary N) is 1. The largest absolute Gasteiger partial charge is 0.393 e. The Morgan fingerprint density at radius 3 is 2.35 bits per heavy atom. The predicted molar refractivity (Wildman–Crippen MR) is 79.4 cm³/mol. The summed E-state index contributed by atoms with van der Waals surface area (Å²) in [5.74, 6) is 0. The Balaban J connectivity index is 2.02. The van der Waals surface area contributed by atoms with Crippen molar-refractivity contribution in [3.05, 3.63) is 0 Å². The van der Waals surface area contributed by atoms with Gasteiger partial charge in [0, 0.05) is 19.0 Å². The van der Waals surface area contributed by atoms with Gasteiger partial charge in [0.25, 0.3) is 0 Å². The summed E-state index contributed by atoms with van der Waals surface area (Å²) in [6, 6.07) is 0.847. The van der Waals surface area contributed by atoms with Crippen LogP contribution in [0.4, 0.5) is 0 Å². The summed E-state index contributed by atoms with van der Waals surface area (Å²) in [5, 5.41) is 0. The topological polar surface area (TPSA) is 29.3 Å². The highest BCUT2D eigenvalue weighted by molar-refractivity contribution is 7.80. The van der Waals surface area contributed by atoms with Gasteiger partial charge in [-0.3, -0.25) is 4.90 Å². The molecule has 0 aromatic carbocycles. The van der Waals surface area contributed by atoms with Gasteiger partial charge in [0.15, 0.2) is 0 Å². The van der Waals surface area contributed by atoms with Crippen molar-refractivity contribution in [1.29, 1.82) is 0 Å². The number of unbranched alkanes of at least 4 members (excludes halogenated alkanes) is 5. The molecule has 0 radical (unpaired) electrons. The van der Waals surface area contributed by atoms with E-state index in [2.05, 4.69) is 11.8 Å². The Kier molecular flexibility index (Phi) is 7.78. The second kappa shape index (κ2) is 8.87. The van der Waals surface area contributed by atoms with Gasteiger partial charge in [0.05, 0.1) is 4.99 Å². The first-order valence-corrected chi connectivity index (χ1v) is 7.67. The van der Waals surface area contributed by atoms with E-state index in [9.17, 15) is 0 Å². The summed E-state index contributed by atoms with van der Waals surface area (Å²) in [7, 11) is 0. The number of hydrogen-bond acceptors (Lipinski definition) is 2. The molecule has 0 heterocycles. The Hall–Kier alpha value is -0.150. The minimum atomic E-state index is 0.665. The Morgan fingerprint density at radius 2 is 1.76 bits per heavy atom. The van der Waals surface area contributed by atoms with Gasteiger partial charge >= 0.3 is 0 Å². The molecular weight excluding hydrogens is 228 g/mol. The number of rotatable bonds is 11. The van der Waals surface area contributed by atoms with Gasteiger partial charge in [-0.15, -0.1) is 0 Å². The van der Waals surface area contributed by atoms with Crippen molar-refractivity contribution in [3.8, 4) is 0 Å². The van der Waals surface area contributed by atoms with Crippen LogP contribution in [-0.4, -0.2) is 29.0 Å². The van der Waals surface area contributed by atoms with Crippen LogP contribution in [0.2, 0.25) is 0 Å². The Labute approximate surface area is 112 Å². The first-order chi connectivity index (χ1) is 8.24. The SMILES string of the molecule is CCCCCCCCN(CCC(N)=S)C1CC1. The van der Waals surface area contributed by atoms with Crippen LogP contribution in [0.25, 0.3) is 0 Å². The van der Waals surface area contributed by atoms with E-state index in [-0.39, 0.29) is 0 Å². The lowest BCUT2D eigenvalue weighted by atomic mass is 10.1. The maximum atomic E-state index is 5.58. The van der Waals surface area contributed by atoms with Gasteiger partial charge in [-0.25, -0.2) is 0 Å². The van der Waals surface area contributed by atoms with Crippen molar-refractivity contribution in [2.45, 2.75) is 70.8 Å². The minimum Gasteiger partial charge on any atom is -0.393 e. The molecule has 17 heavy (non-hydrogen) atoms. The number of nitrogens with zero attached hydrogens (tertiary/aromatic N) is 1.